The molecular weight excluding hydrogens is 333 g/mol. The molecule has 4 rings (SSSR count). The fourth-order valence-corrected chi connectivity index (χ4v) is 3.63. The van der Waals surface area contributed by atoms with Crippen molar-refractivity contribution in [3.63, 3.8) is 0 Å². The third-order valence-electron chi connectivity index (χ3n) is 4.98. The summed E-state index contributed by atoms with van der Waals surface area (Å²) in [7, 11) is 6.52. The van der Waals surface area contributed by atoms with Gasteiger partial charge in [0.05, 0.1) is 0 Å². The van der Waals surface area contributed by atoms with E-state index in [0.29, 0.717) is 12.2 Å². The Labute approximate surface area is 161 Å². The second-order valence-corrected chi connectivity index (χ2v) is 7.36. The maximum absolute atomic E-state index is 6.52. The van der Waals surface area contributed by atoms with Crippen molar-refractivity contribution in [2.45, 2.75) is 25.9 Å². The van der Waals surface area contributed by atoms with E-state index in [1.807, 2.05) is 24.4 Å². The summed E-state index contributed by atoms with van der Waals surface area (Å²) < 4.78 is 5.98. The van der Waals surface area contributed by atoms with Crippen LogP contribution in [-0.2, 0) is 12.1 Å². The van der Waals surface area contributed by atoms with Crippen LogP contribution in [0.5, 0.6) is 5.75 Å². The van der Waals surface area contributed by atoms with E-state index in [1.54, 1.807) is 0 Å². The van der Waals surface area contributed by atoms with Crippen LogP contribution in [0.2, 0.25) is 0 Å². The number of hydrogen-bond acceptors (Lipinski definition) is 4. The molecule has 0 amide bonds. The topological polar surface area (TPSA) is 46.2 Å². The summed E-state index contributed by atoms with van der Waals surface area (Å²) in [5.74, 6) is 0.861. The van der Waals surface area contributed by atoms with Crippen LogP contribution in [0.25, 0.3) is 10.9 Å². The van der Waals surface area contributed by atoms with Crippen LogP contribution < -0.4 is 15.4 Å². The van der Waals surface area contributed by atoms with E-state index in [9.17, 15) is 0 Å². The average molecular weight is 356 g/mol. The molecule has 0 spiro atoms. The number of pyridine rings is 1. The molecule has 0 fully saturated rings. The molecule has 0 bridgehead atoms. The molecule has 5 heteroatoms. The summed E-state index contributed by atoms with van der Waals surface area (Å²) >= 11 is 0. The predicted molar refractivity (Wildman–Crippen MR) is 111 cm³/mol. The molecular formula is C22H23BN3O. The van der Waals surface area contributed by atoms with E-state index in [0.717, 1.165) is 46.4 Å². The maximum atomic E-state index is 6.52. The van der Waals surface area contributed by atoms with Crippen LogP contribution in [0.3, 0.4) is 0 Å². The van der Waals surface area contributed by atoms with Gasteiger partial charge in [-0.3, -0.25) is 0 Å². The summed E-state index contributed by atoms with van der Waals surface area (Å²) in [6.45, 7) is 6.48. The van der Waals surface area contributed by atoms with Crippen LogP contribution >= 0.6 is 0 Å². The van der Waals surface area contributed by atoms with Gasteiger partial charge in [0.15, 0.2) is 0 Å². The van der Waals surface area contributed by atoms with Crippen molar-refractivity contribution in [3.8, 4) is 5.75 Å². The van der Waals surface area contributed by atoms with Gasteiger partial charge >= 0.3 is 161 Å². The van der Waals surface area contributed by atoms with Gasteiger partial charge in [0, 0.05) is 0 Å². The molecule has 2 heterocycles. The number of ether oxygens (including phenoxy) is 1. The molecule has 2 N–H and O–H groups in total. The van der Waals surface area contributed by atoms with Gasteiger partial charge in [-0.2, -0.15) is 0 Å². The third-order valence-corrected chi connectivity index (χ3v) is 4.98. The van der Waals surface area contributed by atoms with Crippen LogP contribution in [0.15, 0.2) is 54.7 Å². The first-order valence-corrected chi connectivity index (χ1v) is 9.27. The third kappa shape index (κ3) is 3.47. The molecule has 2 aromatic carbocycles. The van der Waals surface area contributed by atoms with Crippen LogP contribution in [0.1, 0.15) is 30.5 Å². The van der Waals surface area contributed by atoms with Gasteiger partial charge in [0.25, 0.3) is 0 Å². The first-order chi connectivity index (χ1) is 13.1. The Hall–Kier alpha value is -2.66. The van der Waals surface area contributed by atoms with E-state index in [1.165, 1.54) is 0 Å². The summed E-state index contributed by atoms with van der Waals surface area (Å²) in [6.07, 6.45) is 1.83. The van der Waals surface area contributed by atoms with Crippen molar-refractivity contribution < 1.29 is 4.74 Å². The van der Waals surface area contributed by atoms with Gasteiger partial charge in [0.2, 0.25) is 0 Å². The summed E-state index contributed by atoms with van der Waals surface area (Å²) in [6, 6.07) is 16.4. The molecule has 27 heavy (non-hydrogen) atoms. The molecule has 4 nitrogen and oxygen atoms in total. The Morgan fingerprint density at radius 1 is 1.15 bits per heavy atom. The first kappa shape index (κ1) is 17.7. The summed E-state index contributed by atoms with van der Waals surface area (Å²) in [4.78, 5) is 4.59. The number of rotatable bonds is 4. The minimum atomic E-state index is -0.399. The molecule has 1 radical (unpaired) electrons. The van der Waals surface area contributed by atoms with Gasteiger partial charge in [0.1, 0.15) is 0 Å². The number of para-hydroxylation sites is 2. The Bertz CT molecular complexity index is 995. The quantitative estimate of drug-likeness (QED) is 0.706. The van der Waals surface area contributed by atoms with Crippen molar-refractivity contribution >= 4 is 24.0 Å². The van der Waals surface area contributed by atoms with Gasteiger partial charge in [-0.25, -0.2) is 0 Å². The zero-order chi connectivity index (χ0) is 18.9. The number of hydrogen-bond donors (Lipinski definition) is 2. The van der Waals surface area contributed by atoms with Crippen LogP contribution in [0.4, 0.5) is 0 Å². The van der Waals surface area contributed by atoms with E-state index >= 15 is 0 Å². The Morgan fingerprint density at radius 2 is 1.96 bits per heavy atom. The first-order valence-electron chi connectivity index (χ1n) is 9.27. The fraction of sp³-hybridized carbons (Fsp3) is 0.273. The monoisotopic (exact) mass is 356 g/mol. The van der Waals surface area contributed by atoms with E-state index < -0.39 is 5.54 Å². The second-order valence-electron chi connectivity index (χ2n) is 7.36. The second kappa shape index (κ2) is 7.16. The zero-order valence-electron chi connectivity index (χ0n) is 15.8. The number of fused-ring (bicyclic) bond motifs is 2. The van der Waals surface area contributed by atoms with Crippen molar-refractivity contribution in [2.75, 3.05) is 13.2 Å². The van der Waals surface area contributed by atoms with E-state index in [2.05, 4.69) is 59.8 Å². The molecule has 0 saturated carbocycles. The van der Waals surface area contributed by atoms with Gasteiger partial charge in [-0.05, 0) is 0 Å². The van der Waals surface area contributed by atoms with Crippen molar-refractivity contribution in [1.82, 2.24) is 15.6 Å². The molecule has 0 aliphatic carbocycles. The fourth-order valence-electron chi connectivity index (χ4n) is 3.63. The van der Waals surface area contributed by atoms with Crippen molar-refractivity contribution in [2.24, 2.45) is 0 Å². The average Bonchev–Trinajstić information content (AvgIpc) is 2.92. The molecule has 3 aromatic rings. The normalized spacial score (nSPS) is 14.1. The minimum absolute atomic E-state index is 0.399. The molecule has 1 aliphatic heterocycles. The molecule has 0 atom stereocenters. The van der Waals surface area contributed by atoms with E-state index in [-0.39, 0.29) is 0 Å². The van der Waals surface area contributed by atoms with E-state index in [4.69, 9.17) is 12.2 Å². The molecule has 0 saturated heterocycles. The molecule has 1 aliphatic rings. The van der Waals surface area contributed by atoms with Crippen LogP contribution in [-0.4, -0.2) is 31.2 Å². The molecule has 1 aromatic heterocycles. The molecule has 0 unspecified atom stereocenters. The van der Waals surface area contributed by atoms with Crippen molar-refractivity contribution in [3.05, 3.63) is 71.4 Å². The van der Waals surface area contributed by atoms with Crippen LogP contribution in [0, 0.1) is 0 Å². The Balaban J connectivity index is 1.68. The standard InChI is InChI=1S/C22H23BN3O/c1-22(2,18-10-4-6-15-8-5-11-25-19(15)18)26-21(23)17-9-3-7-16-14-24-12-13-27-20(16)17/h3-11,24,26H,12-14H2,1-2H3. The number of benzene rings is 2. The van der Waals surface area contributed by atoms with Gasteiger partial charge in [-0.15, -0.1) is 0 Å². The summed E-state index contributed by atoms with van der Waals surface area (Å²) in [5.41, 5.74) is 4.32. The SMILES string of the molecule is [B]=C(NC(C)(C)c1cccc2cccnc12)c1cccc2c1OCCNC2. The summed E-state index contributed by atoms with van der Waals surface area (Å²) in [5, 5.41) is 7.98. The van der Waals surface area contributed by atoms with Gasteiger partial charge < -0.3 is 0 Å². The molecule has 135 valence electrons. The number of aromatic nitrogens is 1. The number of nitrogens with one attached hydrogen (secondary N) is 2. The zero-order valence-corrected chi connectivity index (χ0v) is 15.8. The Kier molecular flexibility index (Phi) is 4.71. The van der Waals surface area contributed by atoms with Crippen molar-refractivity contribution in [1.29, 1.82) is 0 Å². The number of nitrogens with zero attached hydrogens (tertiary/aromatic N) is 1. The van der Waals surface area contributed by atoms with Gasteiger partial charge in [-0.1, -0.05) is 0 Å². The Morgan fingerprint density at radius 3 is 2.85 bits per heavy atom. The predicted octanol–water partition coefficient (Wildman–Crippen LogP) is 2.89.